The van der Waals surface area contributed by atoms with Crippen LogP contribution in [-0.2, 0) is 0 Å². The topological polar surface area (TPSA) is 73.6 Å². The van der Waals surface area contributed by atoms with Gasteiger partial charge in [-0.3, -0.25) is 0 Å². The van der Waals surface area contributed by atoms with Gasteiger partial charge < -0.3 is 20.5 Å². The SMILES string of the molecule is COc1ccc(-c2ccc(NC(N)=O)cc2)cc1OC1CCCC1. The van der Waals surface area contributed by atoms with Crippen LogP contribution in [0.1, 0.15) is 25.7 Å². The summed E-state index contributed by atoms with van der Waals surface area (Å²) in [5, 5.41) is 2.56. The van der Waals surface area contributed by atoms with Crippen LogP contribution in [0.5, 0.6) is 11.5 Å². The third-order valence-electron chi connectivity index (χ3n) is 4.25. The highest BCUT2D eigenvalue weighted by molar-refractivity contribution is 5.88. The molecule has 1 fully saturated rings. The van der Waals surface area contributed by atoms with Gasteiger partial charge in [-0.1, -0.05) is 18.2 Å². The number of carbonyl (C=O) groups excluding carboxylic acids is 1. The molecule has 0 bridgehead atoms. The molecule has 0 aromatic heterocycles. The second-order valence-electron chi connectivity index (χ2n) is 5.96. The first-order valence-electron chi connectivity index (χ1n) is 8.17. The van der Waals surface area contributed by atoms with E-state index in [4.69, 9.17) is 15.2 Å². The summed E-state index contributed by atoms with van der Waals surface area (Å²) in [5.74, 6) is 1.53. The van der Waals surface area contributed by atoms with E-state index in [1.54, 1.807) is 7.11 Å². The molecule has 2 aromatic carbocycles. The molecule has 1 aliphatic carbocycles. The van der Waals surface area contributed by atoms with Gasteiger partial charge >= 0.3 is 6.03 Å². The van der Waals surface area contributed by atoms with Crippen molar-refractivity contribution in [2.24, 2.45) is 5.73 Å². The molecule has 126 valence electrons. The van der Waals surface area contributed by atoms with Gasteiger partial charge in [-0.2, -0.15) is 0 Å². The Morgan fingerprint density at radius 3 is 2.33 bits per heavy atom. The number of carbonyl (C=O) groups is 1. The number of nitrogens with one attached hydrogen (secondary N) is 1. The van der Waals surface area contributed by atoms with Crippen molar-refractivity contribution in [1.29, 1.82) is 0 Å². The smallest absolute Gasteiger partial charge is 0.316 e. The Bertz CT molecular complexity index is 707. The quantitative estimate of drug-likeness (QED) is 0.866. The summed E-state index contributed by atoms with van der Waals surface area (Å²) < 4.78 is 11.6. The van der Waals surface area contributed by atoms with Gasteiger partial charge in [-0.05, 0) is 61.1 Å². The Kier molecular flexibility index (Phi) is 4.89. The number of anilines is 1. The zero-order valence-corrected chi connectivity index (χ0v) is 13.7. The van der Waals surface area contributed by atoms with E-state index in [1.165, 1.54) is 12.8 Å². The molecule has 1 aliphatic rings. The lowest BCUT2D eigenvalue weighted by Crippen LogP contribution is -2.19. The van der Waals surface area contributed by atoms with Crippen LogP contribution in [0, 0.1) is 0 Å². The second kappa shape index (κ2) is 7.25. The van der Waals surface area contributed by atoms with Crippen LogP contribution < -0.4 is 20.5 Å². The zero-order chi connectivity index (χ0) is 16.9. The van der Waals surface area contributed by atoms with E-state index in [1.807, 2.05) is 42.5 Å². The van der Waals surface area contributed by atoms with Gasteiger partial charge in [0.25, 0.3) is 0 Å². The molecule has 3 N–H and O–H groups in total. The maximum atomic E-state index is 10.9. The minimum absolute atomic E-state index is 0.274. The minimum atomic E-state index is -0.570. The van der Waals surface area contributed by atoms with Crippen molar-refractivity contribution < 1.29 is 14.3 Å². The predicted octanol–water partition coefficient (Wildman–Crippen LogP) is 4.17. The van der Waals surface area contributed by atoms with Crippen LogP contribution in [0.4, 0.5) is 10.5 Å². The molecule has 0 aliphatic heterocycles. The van der Waals surface area contributed by atoms with Crippen LogP contribution >= 0.6 is 0 Å². The summed E-state index contributed by atoms with van der Waals surface area (Å²) in [7, 11) is 1.65. The number of amides is 2. The lowest BCUT2D eigenvalue weighted by Gasteiger charge is -2.17. The summed E-state index contributed by atoms with van der Waals surface area (Å²) in [4.78, 5) is 10.9. The van der Waals surface area contributed by atoms with E-state index >= 15 is 0 Å². The van der Waals surface area contributed by atoms with Gasteiger partial charge in [-0.15, -0.1) is 0 Å². The van der Waals surface area contributed by atoms with Crippen LogP contribution in [0.25, 0.3) is 11.1 Å². The van der Waals surface area contributed by atoms with Crippen molar-refractivity contribution in [3.05, 3.63) is 42.5 Å². The summed E-state index contributed by atoms with van der Waals surface area (Å²) in [6.45, 7) is 0. The fraction of sp³-hybridized carbons (Fsp3) is 0.316. The Labute approximate surface area is 141 Å². The first-order valence-corrected chi connectivity index (χ1v) is 8.17. The third kappa shape index (κ3) is 3.79. The average Bonchev–Trinajstić information content (AvgIpc) is 3.08. The Morgan fingerprint density at radius 2 is 1.71 bits per heavy atom. The van der Waals surface area contributed by atoms with Crippen molar-refractivity contribution >= 4 is 11.7 Å². The van der Waals surface area contributed by atoms with Crippen molar-refractivity contribution in [1.82, 2.24) is 0 Å². The highest BCUT2D eigenvalue weighted by Gasteiger charge is 2.18. The molecule has 2 amide bonds. The first kappa shape index (κ1) is 16.2. The van der Waals surface area contributed by atoms with Crippen LogP contribution in [0.15, 0.2) is 42.5 Å². The monoisotopic (exact) mass is 326 g/mol. The number of nitrogens with two attached hydrogens (primary N) is 1. The van der Waals surface area contributed by atoms with E-state index in [0.717, 1.165) is 35.5 Å². The van der Waals surface area contributed by atoms with Gasteiger partial charge in [0.1, 0.15) is 0 Å². The van der Waals surface area contributed by atoms with Crippen LogP contribution in [-0.4, -0.2) is 19.2 Å². The van der Waals surface area contributed by atoms with Crippen molar-refractivity contribution in [3.63, 3.8) is 0 Å². The standard InChI is InChI=1S/C19H22N2O3/c1-23-17-11-8-14(12-18(17)24-16-4-2-3-5-16)13-6-9-15(10-7-13)21-19(20)22/h6-12,16H,2-5H2,1H3,(H3,20,21,22). The number of hydrogen-bond donors (Lipinski definition) is 2. The molecule has 3 rings (SSSR count). The Morgan fingerprint density at radius 1 is 1.04 bits per heavy atom. The fourth-order valence-corrected chi connectivity index (χ4v) is 3.02. The first-order chi connectivity index (χ1) is 11.7. The number of benzene rings is 2. The molecule has 5 nitrogen and oxygen atoms in total. The maximum Gasteiger partial charge on any atom is 0.316 e. The van der Waals surface area contributed by atoms with Gasteiger partial charge in [0.2, 0.25) is 0 Å². The van der Waals surface area contributed by atoms with Crippen LogP contribution in [0.3, 0.4) is 0 Å². The molecule has 1 saturated carbocycles. The molecule has 2 aromatic rings. The molecule has 0 atom stereocenters. The number of ether oxygens (including phenoxy) is 2. The van der Waals surface area contributed by atoms with Gasteiger partial charge in [0.15, 0.2) is 11.5 Å². The maximum absolute atomic E-state index is 10.9. The summed E-state index contributed by atoms with van der Waals surface area (Å²) >= 11 is 0. The van der Waals surface area contributed by atoms with E-state index < -0.39 is 6.03 Å². The number of urea groups is 1. The largest absolute Gasteiger partial charge is 0.493 e. The number of rotatable bonds is 5. The highest BCUT2D eigenvalue weighted by atomic mass is 16.5. The zero-order valence-electron chi connectivity index (χ0n) is 13.7. The van der Waals surface area contributed by atoms with Crippen molar-refractivity contribution in [2.45, 2.75) is 31.8 Å². The summed E-state index contributed by atoms with van der Waals surface area (Å²) in [6.07, 6.45) is 4.92. The van der Waals surface area contributed by atoms with Gasteiger partial charge in [0, 0.05) is 5.69 Å². The van der Waals surface area contributed by atoms with E-state index in [2.05, 4.69) is 5.32 Å². The molecular weight excluding hydrogens is 304 g/mol. The lowest BCUT2D eigenvalue weighted by atomic mass is 10.0. The summed E-state index contributed by atoms with van der Waals surface area (Å²) in [6, 6.07) is 12.9. The van der Waals surface area contributed by atoms with Crippen molar-refractivity contribution in [3.8, 4) is 22.6 Å². The molecule has 0 heterocycles. The second-order valence-corrected chi connectivity index (χ2v) is 5.96. The normalized spacial score (nSPS) is 14.4. The Hall–Kier alpha value is -2.69. The minimum Gasteiger partial charge on any atom is -0.493 e. The lowest BCUT2D eigenvalue weighted by molar-refractivity contribution is 0.201. The molecule has 0 saturated heterocycles. The number of hydrogen-bond acceptors (Lipinski definition) is 3. The number of methoxy groups -OCH3 is 1. The van der Waals surface area contributed by atoms with E-state index in [0.29, 0.717) is 5.69 Å². The van der Waals surface area contributed by atoms with Crippen molar-refractivity contribution in [2.75, 3.05) is 12.4 Å². The van der Waals surface area contributed by atoms with Gasteiger partial charge in [-0.25, -0.2) is 4.79 Å². The number of primary amides is 1. The molecular formula is C19H22N2O3. The summed E-state index contributed by atoms with van der Waals surface area (Å²) in [5.41, 5.74) is 7.86. The van der Waals surface area contributed by atoms with Crippen LogP contribution in [0.2, 0.25) is 0 Å². The highest BCUT2D eigenvalue weighted by Crippen LogP contribution is 2.35. The Balaban J connectivity index is 1.83. The molecule has 0 unspecified atom stereocenters. The molecule has 24 heavy (non-hydrogen) atoms. The van der Waals surface area contributed by atoms with Gasteiger partial charge in [0.05, 0.1) is 13.2 Å². The fourth-order valence-electron chi connectivity index (χ4n) is 3.02. The average molecular weight is 326 g/mol. The van der Waals surface area contributed by atoms with E-state index in [-0.39, 0.29) is 6.10 Å². The molecule has 0 spiro atoms. The predicted molar refractivity (Wildman–Crippen MR) is 94.5 cm³/mol. The van der Waals surface area contributed by atoms with E-state index in [9.17, 15) is 4.79 Å². The molecule has 5 heteroatoms. The third-order valence-corrected chi connectivity index (χ3v) is 4.25. The molecule has 0 radical (unpaired) electrons.